The van der Waals surface area contributed by atoms with Gasteiger partial charge in [-0.2, -0.15) is 0 Å². The third-order valence-corrected chi connectivity index (χ3v) is 6.13. The molecule has 0 unspecified atom stereocenters. The van der Waals surface area contributed by atoms with Gasteiger partial charge in [-0.3, -0.25) is 9.78 Å². The van der Waals surface area contributed by atoms with Gasteiger partial charge in [0.15, 0.2) is 0 Å². The topological polar surface area (TPSA) is 69.7 Å². The maximum absolute atomic E-state index is 11.7. The van der Waals surface area contributed by atoms with Gasteiger partial charge in [-0.25, -0.2) is 0 Å². The molecule has 2 heterocycles. The van der Waals surface area contributed by atoms with Crippen LogP contribution in [0, 0.1) is 0 Å². The number of nitrogens with one attached hydrogen (secondary N) is 2. The number of benzene rings is 1. The molecule has 34 heavy (non-hydrogen) atoms. The highest BCUT2D eigenvalue weighted by molar-refractivity contribution is 6.31. The lowest BCUT2D eigenvalue weighted by Crippen LogP contribution is -2.47. The van der Waals surface area contributed by atoms with E-state index in [4.69, 9.17) is 16.3 Å². The number of hydrogen-bond acceptors (Lipinski definition) is 7. The Morgan fingerprint density at radius 2 is 1.71 bits per heavy atom. The van der Waals surface area contributed by atoms with Gasteiger partial charge in [0.25, 0.3) is 0 Å². The average Bonchev–Trinajstić information content (AvgIpc) is 2.78. The Bertz CT molecular complexity index is 910. The van der Waals surface area contributed by atoms with Crippen LogP contribution in [0.2, 0.25) is 5.02 Å². The van der Waals surface area contributed by atoms with Crippen LogP contribution < -0.4 is 10.6 Å². The van der Waals surface area contributed by atoms with Crippen molar-refractivity contribution in [2.24, 2.45) is 0 Å². The first kappa shape index (κ1) is 26.7. The standard InChI is InChI=1S/C26H40ClN5O2/c1-26(2,3)34-25(33)9-12-28-10-4-14-31-16-18-32(19-17-31)15-5-11-29-23-8-13-30-24-20-21(27)6-7-22(23)24/h6-8,13,20,28H,4-5,9-12,14-19H2,1-3H3,(H,29,30). The minimum Gasteiger partial charge on any atom is -0.460 e. The number of carbonyl (C=O) groups is 1. The van der Waals surface area contributed by atoms with Crippen LogP contribution in [0.25, 0.3) is 10.9 Å². The molecule has 188 valence electrons. The number of aromatic nitrogens is 1. The Labute approximate surface area is 209 Å². The summed E-state index contributed by atoms with van der Waals surface area (Å²) in [5, 5.41) is 8.74. The fourth-order valence-corrected chi connectivity index (χ4v) is 4.34. The second-order valence-electron chi connectivity index (χ2n) is 9.92. The largest absolute Gasteiger partial charge is 0.460 e. The van der Waals surface area contributed by atoms with E-state index in [1.54, 1.807) is 0 Å². The van der Waals surface area contributed by atoms with Crippen molar-refractivity contribution in [1.82, 2.24) is 20.1 Å². The Morgan fingerprint density at radius 3 is 2.38 bits per heavy atom. The van der Waals surface area contributed by atoms with E-state index in [9.17, 15) is 4.79 Å². The molecule has 1 aromatic heterocycles. The molecule has 0 spiro atoms. The van der Waals surface area contributed by atoms with Gasteiger partial charge in [0.05, 0.1) is 11.9 Å². The van der Waals surface area contributed by atoms with Crippen molar-refractivity contribution in [2.45, 2.75) is 45.6 Å². The number of anilines is 1. The summed E-state index contributed by atoms with van der Waals surface area (Å²) in [6, 6.07) is 7.88. The van der Waals surface area contributed by atoms with Crippen LogP contribution in [0.4, 0.5) is 5.69 Å². The van der Waals surface area contributed by atoms with E-state index in [0.717, 1.165) is 81.8 Å². The molecule has 7 nitrogen and oxygen atoms in total. The Balaban J connectivity index is 1.22. The van der Waals surface area contributed by atoms with Crippen molar-refractivity contribution >= 4 is 34.2 Å². The molecule has 0 aliphatic carbocycles. The van der Waals surface area contributed by atoms with Gasteiger partial charge < -0.3 is 25.2 Å². The minimum absolute atomic E-state index is 0.134. The molecule has 1 saturated heterocycles. The van der Waals surface area contributed by atoms with Crippen molar-refractivity contribution in [1.29, 1.82) is 0 Å². The molecule has 2 aromatic rings. The number of fused-ring (bicyclic) bond motifs is 1. The normalized spacial score (nSPS) is 15.5. The van der Waals surface area contributed by atoms with Crippen LogP contribution in [0.5, 0.6) is 0 Å². The molecule has 0 atom stereocenters. The van der Waals surface area contributed by atoms with Crippen LogP contribution in [-0.4, -0.2) is 85.3 Å². The van der Waals surface area contributed by atoms with Crippen LogP contribution >= 0.6 is 11.6 Å². The van der Waals surface area contributed by atoms with Gasteiger partial charge in [0.2, 0.25) is 0 Å². The van der Waals surface area contributed by atoms with E-state index < -0.39 is 5.60 Å². The number of esters is 1. The molecule has 1 fully saturated rings. The Morgan fingerprint density at radius 1 is 1.03 bits per heavy atom. The first-order valence-electron chi connectivity index (χ1n) is 12.5. The average molecular weight is 490 g/mol. The van der Waals surface area contributed by atoms with E-state index in [1.807, 2.05) is 51.2 Å². The molecular weight excluding hydrogens is 450 g/mol. The number of ether oxygens (including phenoxy) is 1. The Kier molecular flexibility index (Phi) is 10.4. The van der Waals surface area contributed by atoms with Gasteiger partial charge >= 0.3 is 5.97 Å². The van der Waals surface area contributed by atoms with E-state index >= 15 is 0 Å². The number of nitrogens with zero attached hydrogens (tertiary/aromatic N) is 3. The first-order chi connectivity index (χ1) is 16.3. The van der Waals surface area contributed by atoms with E-state index in [-0.39, 0.29) is 5.97 Å². The first-order valence-corrected chi connectivity index (χ1v) is 12.8. The van der Waals surface area contributed by atoms with Crippen LogP contribution in [0.3, 0.4) is 0 Å². The summed E-state index contributed by atoms with van der Waals surface area (Å²) in [7, 11) is 0. The highest BCUT2D eigenvalue weighted by Crippen LogP contribution is 2.24. The summed E-state index contributed by atoms with van der Waals surface area (Å²) < 4.78 is 5.33. The molecule has 3 rings (SSSR count). The summed E-state index contributed by atoms with van der Waals surface area (Å²) >= 11 is 6.08. The van der Waals surface area contributed by atoms with E-state index in [1.165, 1.54) is 0 Å². The van der Waals surface area contributed by atoms with Crippen molar-refractivity contribution in [2.75, 3.05) is 64.2 Å². The van der Waals surface area contributed by atoms with Crippen LogP contribution in [-0.2, 0) is 9.53 Å². The number of rotatable bonds is 12. The maximum atomic E-state index is 11.7. The lowest BCUT2D eigenvalue weighted by molar-refractivity contribution is -0.154. The maximum Gasteiger partial charge on any atom is 0.307 e. The van der Waals surface area contributed by atoms with Crippen molar-refractivity contribution in [3.8, 4) is 0 Å². The van der Waals surface area contributed by atoms with Crippen molar-refractivity contribution < 1.29 is 9.53 Å². The number of pyridine rings is 1. The monoisotopic (exact) mass is 489 g/mol. The summed E-state index contributed by atoms with van der Waals surface area (Å²) in [5.41, 5.74) is 1.64. The second kappa shape index (κ2) is 13.2. The zero-order chi connectivity index (χ0) is 24.4. The molecule has 8 heteroatoms. The predicted molar refractivity (Wildman–Crippen MR) is 141 cm³/mol. The van der Waals surface area contributed by atoms with Gasteiger partial charge in [-0.05, 0) is 77.5 Å². The van der Waals surface area contributed by atoms with Crippen molar-refractivity contribution in [3.63, 3.8) is 0 Å². The quantitative estimate of drug-likeness (QED) is 0.344. The lowest BCUT2D eigenvalue weighted by Gasteiger charge is -2.34. The zero-order valence-corrected chi connectivity index (χ0v) is 21.7. The molecule has 1 aliphatic heterocycles. The van der Waals surface area contributed by atoms with E-state index in [2.05, 4.69) is 25.4 Å². The van der Waals surface area contributed by atoms with Gasteiger partial charge in [0, 0.05) is 61.6 Å². The number of piperazine rings is 1. The molecule has 1 aromatic carbocycles. The highest BCUT2D eigenvalue weighted by Gasteiger charge is 2.17. The minimum atomic E-state index is -0.403. The molecule has 2 N–H and O–H groups in total. The molecule has 0 radical (unpaired) electrons. The molecule has 1 aliphatic rings. The summed E-state index contributed by atoms with van der Waals surface area (Å²) in [4.78, 5) is 21.2. The van der Waals surface area contributed by atoms with Crippen LogP contribution in [0.1, 0.15) is 40.0 Å². The smallest absolute Gasteiger partial charge is 0.307 e. The molecule has 0 saturated carbocycles. The van der Waals surface area contributed by atoms with Crippen molar-refractivity contribution in [3.05, 3.63) is 35.5 Å². The fourth-order valence-electron chi connectivity index (χ4n) is 4.17. The number of hydrogen-bond donors (Lipinski definition) is 2. The summed E-state index contributed by atoms with van der Waals surface area (Å²) in [6.45, 7) is 15.0. The highest BCUT2D eigenvalue weighted by atomic mass is 35.5. The predicted octanol–water partition coefficient (Wildman–Crippen LogP) is 4.02. The number of carbonyl (C=O) groups excluding carboxylic acids is 1. The second-order valence-corrected chi connectivity index (χ2v) is 10.4. The summed E-state index contributed by atoms with van der Waals surface area (Å²) in [6.07, 6.45) is 4.47. The molecule has 0 amide bonds. The third-order valence-electron chi connectivity index (χ3n) is 5.89. The molecule has 0 bridgehead atoms. The third kappa shape index (κ3) is 9.37. The Hall–Kier alpha value is -1.93. The van der Waals surface area contributed by atoms with Crippen LogP contribution in [0.15, 0.2) is 30.5 Å². The number of halogens is 1. The fraction of sp³-hybridized carbons (Fsp3) is 0.615. The van der Waals surface area contributed by atoms with Gasteiger partial charge in [0.1, 0.15) is 5.60 Å². The van der Waals surface area contributed by atoms with E-state index in [0.29, 0.717) is 18.0 Å². The molecular formula is C26H40ClN5O2. The zero-order valence-electron chi connectivity index (χ0n) is 20.9. The van der Waals surface area contributed by atoms with Gasteiger partial charge in [-0.15, -0.1) is 0 Å². The lowest BCUT2D eigenvalue weighted by atomic mass is 10.2. The SMILES string of the molecule is CC(C)(C)OC(=O)CCNCCCN1CCN(CCCNc2ccnc3cc(Cl)ccc23)CC1. The summed E-state index contributed by atoms with van der Waals surface area (Å²) in [5.74, 6) is -0.134. The van der Waals surface area contributed by atoms with Gasteiger partial charge in [-0.1, -0.05) is 11.6 Å².